The zero-order valence-corrected chi connectivity index (χ0v) is 11.0. The molecule has 0 bridgehead atoms. The zero-order chi connectivity index (χ0) is 12.7. The number of aromatic nitrogens is 1. The Morgan fingerprint density at radius 3 is 2.74 bits per heavy atom. The van der Waals surface area contributed by atoms with E-state index >= 15 is 0 Å². The SMILES string of the molecule is c1ccc2c(CN3C[C@H]4CNC[C@H]4C3)cncc2c1. The van der Waals surface area contributed by atoms with E-state index in [1.807, 2.05) is 12.4 Å². The van der Waals surface area contributed by atoms with E-state index in [1.165, 1.54) is 42.5 Å². The summed E-state index contributed by atoms with van der Waals surface area (Å²) in [5, 5.41) is 6.10. The van der Waals surface area contributed by atoms with Gasteiger partial charge in [-0.2, -0.15) is 0 Å². The van der Waals surface area contributed by atoms with Gasteiger partial charge in [0, 0.05) is 37.4 Å². The van der Waals surface area contributed by atoms with Gasteiger partial charge < -0.3 is 5.32 Å². The molecule has 1 aromatic heterocycles. The van der Waals surface area contributed by atoms with Crippen molar-refractivity contribution in [2.45, 2.75) is 6.54 Å². The molecule has 0 spiro atoms. The first kappa shape index (κ1) is 11.4. The monoisotopic (exact) mass is 253 g/mol. The lowest BCUT2D eigenvalue weighted by molar-refractivity contribution is 0.306. The second kappa shape index (κ2) is 4.58. The molecule has 1 N–H and O–H groups in total. The van der Waals surface area contributed by atoms with E-state index in [4.69, 9.17) is 0 Å². The number of hydrogen-bond acceptors (Lipinski definition) is 3. The number of nitrogens with one attached hydrogen (secondary N) is 1. The summed E-state index contributed by atoms with van der Waals surface area (Å²) in [7, 11) is 0. The lowest BCUT2D eigenvalue weighted by Crippen LogP contribution is -2.25. The fourth-order valence-electron chi connectivity index (χ4n) is 3.63. The molecular weight excluding hydrogens is 234 g/mol. The maximum Gasteiger partial charge on any atom is 0.0346 e. The molecule has 2 saturated heterocycles. The highest BCUT2D eigenvalue weighted by atomic mass is 15.2. The molecule has 0 saturated carbocycles. The van der Waals surface area contributed by atoms with Crippen molar-refractivity contribution >= 4 is 10.8 Å². The van der Waals surface area contributed by atoms with E-state index in [9.17, 15) is 0 Å². The van der Waals surface area contributed by atoms with Crippen LogP contribution in [0.4, 0.5) is 0 Å². The molecule has 0 unspecified atom stereocenters. The first-order valence-corrected chi connectivity index (χ1v) is 7.15. The van der Waals surface area contributed by atoms with Crippen molar-refractivity contribution in [1.29, 1.82) is 0 Å². The Morgan fingerprint density at radius 1 is 1.11 bits per heavy atom. The molecule has 2 aliphatic heterocycles. The van der Waals surface area contributed by atoms with Crippen molar-refractivity contribution in [3.05, 3.63) is 42.2 Å². The normalized spacial score (nSPS) is 26.9. The number of hydrogen-bond donors (Lipinski definition) is 1. The number of rotatable bonds is 2. The minimum absolute atomic E-state index is 0.864. The van der Waals surface area contributed by atoms with Gasteiger partial charge in [0.25, 0.3) is 0 Å². The summed E-state index contributed by atoms with van der Waals surface area (Å²) in [6.07, 6.45) is 4.00. The summed E-state index contributed by atoms with van der Waals surface area (Å²) in [5.74, 6) is 1.73. The van der Waals surface area contributed by atoms with E-state index in [0.717, 1.165) is 18.4 Å². The summed E-state index contributed by atoms with van der Waals surface area (Å²) < 4.78 is 0. The number of likely N-dealkylation sites (tertiary alicyclic amines) is 1. The van der Waals surface area contributed by atoms with Crippen molar-refractivity contribution in [1.82, 2.24) is 15.2 Å². The van der Waals surface area contributed by atoms with Gasteiger partial charge in [-0.25, -0.2) is 0 Å². The van der Waals surface area contributed by atoms with Gasteiger partial charge in [-0.05, 0) is 35.9 Å². The third-order valence-electron chi connectivity index (χ3n) is 4.61. The Bertz CT molecular complexity index is 578. The molecule has 3 heteroatoms. The van der Waals surface area contributed by atoms with E-state index in [2.05, 4.69) is 39.5 Å². The van der Waals surface area contributed by atoms with Crippen molar-refractivity contribution in [3.8, 4) is 0 Å². The van der Waals surface area contributed by atoms with Crippen LogP contribution in [-0.2, 0) is 6.54 Å². The Morgan fingerprint density at radius 2 is 1.89 bits per heavy atom. The van der Waals surface area contributed by atoms with Gasteiger partial charge >= 0.3 is 0 Å². The molecule has 2 aromatic rings. The van der Waals surface area contributed by atoms with Crippen LogP contribution in [0.5, 0.6) is 0 Å². The van der Waals surface area contributed by atoms with Crippen molar-refractivity contribution in [3.63, 3.8) is 0 Å². The van der Waals surface area contributed by atoms with Crippen LogP contribution >= 0.6 is 0 Å². The minimum Gasteiger partial charge on any atom is -0.316 e. The molecule has 3 nitrogen and oxygen atoms in total. The summed E-state index contributed by atoms with van der Waals surface area (Å²) >= 11 is 0. The third-order valence-corrected chi connectivity index (χ3v) is 4.61. The molecule has 4 rings (SSSR count). The molecule has 0 amide bonds. The van der Waals surface area contributed by atoms with Gasteiger partial charge in [-0.3, -0.25) is 9.88 Å². The fourth-order valence-corrected chi connectivity index (χ4v) is 3.63. The van der Waals surface area contributed by atoms with E-state index < -0.39 is 0 Å². The molecule has 0 aliphatic carbocycles. The highest BCUT2D eigenvalue weighted by Crippen LogP contribution is 2.28. The van der Waals surface area contributed by atoms with Gasteiger partial charge in [-0.15, -0.1) is 0 Å². The van der Waals surface area contributed by atoms with Crippen LogP contribution in [0.15, 0.2) is 36.7 Å². The van der Waals surface area contributed by atoms with Gasteiger partial charge in [0.2, 0.25) is 0 Å². The average Bonchev–Trinajstić information content (AvgIpc) is 3.00. The smallest absolute Gasteiger partial charge is 0.0346 e. The molecule has 3 heterocycles. The Labute approximate surface area is 113 Å². The predicted octanol–water partition coefficient (Wildman–Crippen LogP) is 1.89. The highest BCUT2D eigenvalue weighted by Gasteiger charge is 2.35. The van der Waals surface area contributed by atoms with Crippen LogP contribution in [0.2, 0.25) is 0 Å². The lowest BCUT2D eigenvalue weighted by Gasteiger charge is -2.17. The second-order valence-electron chi connectivity index (χ2n) is 5.89. The van der Waals surface area contributed by atoms with E-state index in [1.54, 1.807) is 0 Å². The maximum absolute atomic E-state index is 4.39. The molecule has 2 aliphatic rings. The molecular formula is C16H19N3. The van der Waals surface area contributed by atoms with E-state index in [-0.39, 0.29) is 0 Å². The van der Waals surface area contributed by atoms with Crippen molar-refractivity contribution in [2.75, 3.05) is 26.2 Å². The zero-order valence-electron chi connectivity index (χ0n) is 11.0. The van der Waals surface area contributed by atoms with Crippen LogP contribution < -0.4 is 5.32 Å². The first-order chi connectivity index (χ1) is 9.40. The summed E-state index contributed by atoms with van der Waals surface area (Å²) in [6, 6.07) is 8.56. The number of nitrogens with zero attached hydrogens (tertiary/aromatic N) is 2. The third kappa shape index (κ3) is 2.03. The predicted molar refractivity (Wildman–Crippen MR) is 76.9 cm³/mol. The van der Waals surface area contributed by atoms with Crippen LogP contribution in [0.3, 0.4) is 0 Å². The Hall–Kier alpha value is -1.45. The number of benzene rings is 1. The van der Waals surface area contributed by atoms with Gasteiger partial charge in [0.1, 0.15) is 0 Å². The highest BCUT2D eigenvalue weighted by molar-refractivity contribution is 5.84. The Balaban J connectivity index is 1.59. The maximum atomic E-state index is 4.39. The summed E-state index contributed by atoms with van der Waals surface area (Å²) in [6.45, 7) is 5.92. The standard InChI is InChI=1S/C16H19N3/c1-2-4-16-12(3-1)5-17-8-15(16)11-19-9-13-6-18-7-14(13)10-19/h1-5,8,13-14,18H,6-7,9-11H2/t13-,14+. The van der Waals surface area contributed by atoms with Gasteiger partial charge in [0.15, 0.2) is 0 Å². The Kier molecular flexibility index (Phi) is 2.75. The van der Waals surface area contributed by atoms with Crippen molar-refractivity contribution < 1.29 is 0 Å². The van der Waals surface area contributed by atoms with Gasteiger partial charge in [0.05, 0.1) is 0 Å². The van der Waals surface area contributed by atoms with Crippen LogP contribution in [-0.4, -0.2) is 36.1 Å². The van der Waals surface area contributed by atoms with Gasteiger partial charge in [-0.1, -0.05) is 24.3 Å². The average molecular weight is 253 g/mol. The molecule has 1 aromatic carbocycles. The fraction of sp³-hybridized carbons (Fsp3) is 0.438. The summed E-state index contributed by atoms with van der Waals surface area (Å²) in [5.41, 5.74) is 1.37. The molecule has 98 valence electrons. The largest absolute Gasteiger partial charge is 0.316 e. The number of fused-ring (bicyclic) bond motifs is 2. The molecule has 19 heavy (non-hydrogen) atoms. The molecule has 0 radical (unpaired) electrons. The quantitative estimate of drug-likeness (QED) is 0.886. The van der Waals surface area contributed by atoms with Crippen LogP contribution in [0.1, 0.15) is 5.56 Å². The lowest BCUT2D eigenvalue weighted by atomic mass is 10.0. The molecule has 2 fully saturated rings. The van der Waals surface area contributed by atoms with E-state index in [0.29, 0.717) is 0 Å². The minimum atomic E-state index is 0.864. The molecule has 2 atom stereocenters. The van der Waals surface area contributed by atoms with Crippen molar-refractivity contribution in [2.24, 2.45) is 11.8 Å². The van der Waals surface area contributed by atoms with Crippen LogP contribution in [0, 0.1) is 11.8 Å². The van der Waals surface area contributed by atoms with Crippen LogP contribution in [0.25, 0.3) is 10.8 Å². The first-order valence-electron chi connectivity index (χ1n) is 7.15. The topological polar surface area (TPSA) is 28.2 Å². The number of pyridine rings is 1. The second-order valence-corrected chi connectivity index (χ2v) is 5.89. The summed E-state index contributed by atoms with van der Waals surface area (Å²) in [4.78, 5) is 6.98.